The highest BCUT2D eigenvalue weighted by Gasteiger charge is 2.23. The summed E-state index contributed by atoms with van der Waals surface area (Å²) in [6.07, 6.45) is 1.98. The van der Waals surface area contributed by atoms with E-state index in [9.17, 15) is 4.79 Å². The summed E-state index contributed by atoms with van der Waals surface area (Å²) in [5, 5.41) is 0. The quantitative estimate of drug-likeness (QED) is 0.283. The van der Waals surface area contributed by atoms with Crippen LogP contribution >= 0.6 is 0 Å². The zero-order chi connectivity index (χ0) is 16.4. The average molecular weight is 304 g/mol. The molecule has 3 heteroatoms. The number of ether oxygens (including phenoxy) is 1. The number of rotatable bonds is 10. The molecule has 0 aliphatic rings. The molecule has 0 atom stereocenters. The van der Waals surface area contributed by atoms with Gasteiger partial charge < -0.3 is 9.22 Å². The Hall–Kier alpha value is -1.61. The van der Waals surface area contributed by atoms with E-state index in [-0.39, 0.29) is 5.97 Å². The van der Waals surface area contributed by atoms with E-state index in [1.165, 1.54) is 5.56 Å². The lowest BCUT2D eigenvalue weighted by Crippen LogP contribution is -2.47. The van der Waals surface area contributed by atoms with Crippen molar-refractivity contribution in [3.63, 3.8) is 0 Å². The van der Waals surface area contributed by atoms with Crippen molar-refractivity contribution in [3.8, 4) is 0 Å². The SMILES string of the molecule is C=C(C)C(=O)OCCCC[N+](CC)(CC)Cc1ccccc1. The van der Waals surface area contributed by atoms with E-state index in [1.807, 2.05) is 0 Å². The van der Waals surface area contributed by atoms with Gasteiger partial charge in [0.2, 0.25) is 0 Å². The van der Waals surface area contributed by atoms with Gasteiger partial charge in [-0.2, -0.15) is 0 Å². The Labute approximate surface area is 135 Å². The fraction of sp³-hybridized carbons (Fsp3) is 0.526. The maximum Gasteiger partial charge on any atom is 0.333 e. The second kappa shape index (κ2) is 9.42. The fourth-order valence-corrected chi connectivity index (χ4v) is 2.65. The van der Waals surface area contributed by atoms with Crippen LogP contribution in [0, 0.1) is 0 Å². The first-order valence-corrected chi connectivity index (χ1v) is 8.24. The van der Waals surface area contributed by atoms with Gasteiger partial charge >= 0.3 is 5.97 Å². The van der Waals surface area contributed by atoms with Crippen molar-refractivity contribution in [1.29, 1.82) is 0 Å². The summed E-state index contributed by atoms with van der Waals surface area (Å²) in [7, 11) is 0. The molecular formula is C19H30NO2+. The minimum absolute atomic E-state index is 0.281. The van der Waals surface area contributed by atoms with Crippen LogP contribution < -0.4 is 0 Å². The van der Waals surface area contributed by atoms with Gasteiger partial charge in [0, 0.05) is 11.1 Å². The van der Waals surface area contributed by atoms with Crippen LogP contribution in [0.25, 0.3) is 0 Å². The lowest BCUT2D eigenvalue weighted by atomic mass is 10.1. The molecule has 0 saturated heterocycles. The molecule has 0 unspecified atom stereocenters. The highest BCUT2D eigenvalue weighted by molar-refractivity contribution is 5.86. The van der Waals surface area contributed by atoms with E-state index in [2.05, 4.69) is 50.8 Å². The summed E-state index contributed by atoms with van der Waals surface area (Å²) < 4.78 is 6.24. The Morgan fingerprint density at radius 3 is 2.32 bits per heavy atom. The van der Waals surface area contributed by atoms with Gasteiger partial charge in [0.05, 0.1) is 26.2 Å². The molecule has 1 aromatic carbocycles. The third-order valence-corrected chi connectivity index (χ3v) is 4.31. The van der Waals surface area contributed by atoms with E-state index in [4.69, 9.17) is 4.74 Å². The first kappa shape index (κ1) is 18.4. The molecule has 3 nitrogen and oxygen atoms in total. The fourth-order valence-electron chi connectivity index (χ4n) is 2.65. The molecule has 0 spiro atoms. The van der Waals surface area contributed by atoms with Gasteiger partial charge in [-0.3, -0.25) is 0 Å². The molecule has 0 N–H and O–H groups in total. The largest absolute Gasteiger partial charge is 0.462 e. The number of quaternary nitrogens is 1. The molecule has 1 aromatic rings. The zero-order valence-corrected chi connectivity index (χ0v) is 14.3. The molecule has 0 fully saturated rings. The van der Waals surface area contributed by atoms with E-state index < -0.39 is 0 Å². The number of hydrogen-bond donors (Lipinski definition) is 0. The molecule has 122 valence electrons. The zero-order valence-electron chi connectivity index (χ0n) is 14.3. The summed E-state index contributed by atoms with van der Waals surface area (Å²) >= 11 is 0. The van der Waals surface area contributed by atoms with Crippen molar-refractivity contribution < 1.29 is 14.0 Å². The highest BCUT2D eigenvalue weighted by Crippen LogP contribution is 2.16. The van der Waals surface area contributed by atoms with E-state index in [0.717, 1.165) is 43.5 Å². The molecule has 0 saturated carbocycles. The number of esters is 1. The molecule has 0 bridgehead atoms. The molecule has 0 aromatic heterocycles. The van der Waals surface area contributed by atoms with Gasteiger partial charge in [0.1, 0.15) is 6.54 Å². The number of unbranched alkanes of at least 4 members (excludes halogenated alkanes) is 1. The maximum absolute atomic E-state index is 11.3. The smallest absolute Gasteiger partial charge is 0.333 e. The van der Waals surface area contributed by atoms with Gasteiger partial charge in [-0.15, -0.1) is 0 Å². The Morgan fingerprint density at radius 2 is 1.77 bits per heavy atom. The highest BCUT2D eigenvalue weighted by atomic mass is 16.5. The van der Waals surface area contributed by atoms with Crippen LogP contribution in [0.15, 0.2) is 42.5 Å². The Balaban J connectivity index is 2.43. The molecule has 0 aliphatic carbocycles. The third kappa shape index (κ3) is 6.02. The van der Waals surface area contributed by atoms with Gasteiger partial charge in [0.15, 0.2) is 0 Å². The summed E-state index contributed by atoms with van der Waals surface area (Å²) in [5.41, 5.74) is 1.86. The average Bonchev–Trinajstić information content (AvgIpc) is 2.54. The monoisotopic (exact) mass is 304 g/mol. The van der Waals surface area contributed by atoms with Crippen LogP contribution in [0.2, 0.25) is 0 Å². The molecule has 1 rings (SSSR count). The number of hydrogen-bond acceptors (Lipinski definition) is 2. The van der Waals surface area contributed by atoms with E-state index in [0.29, 0.717) is 12.2 Å². The summed E-state index contributed by atoms with van der Waals surface area (Å²) in [4.78, 5) is 11.3. The second-order valence-electron chi connectivity index (χ2n) is 5.96. The number of benzene rings is 1. The van der Waals surface area contributed by atoms with Crippen molar-refractivity contribution >= 4 is 5.97 Å². The van der Waals surface area contributed by atoms with E-state index in [1.54, 1.807) is 6.92 Å². The van der Waals surface area contributed by atoms with Crippen LogP contribution in [0.3, 0.4) is 0 Å². The Kier molecular flexibility index (Phi) is 7.89. The van der Waals surface area contributed by atoms with Crippen molar-refractivity contribution in [2.75, 3.05) is 26.2 Å². The number of carbonyl (C=O) groups excluding carboxylic acids is 1. The van der Waals surface area contributed by atoms with Crippen molar-refractivity contribution in [1.82, 2.24) is 0 Å². The van der Waals surface area contributed by atoms with Crippen LogP contribution in [0.5, 0.6) is 0 Å². The van der Waals surface area contributed by atoms with Crippen molar-refractivity contribution in [2.24, 2.45) is 0 Å². The minimum atomic E-state index is -0.281. The van der Waals surface area contributed by atoms with Crippen LogP contribution in [-0.2, 0) is 16.1 Å². The first-order valence-electron chi connectivity index (χ1n) is 8.24. The molecule has 0 radical (unpaired) electrons. The van der Waals surface area contributed by atoms with E-state index >= 15 is 0 Å². The third-order valence-electron chi connectivity index (χ3n) is 4.31. The standard InChI is InChI=1S/C19H30NO2/c1-5-20(6-2,16-18-12-8-7-9-13-18)14-10-11-15-22-19(21)17(3)4/h7-9,12-13H,3,5-6,10-11,14-16H2,1-2,4H3/q+1. The molecule has 0 heterocycles. The molecule has 22 heavy (non-hydrogen) atoms. The van der Waals surface area contributed by atoms with Crippen molar-refractivity contribution in [2.45, 2.75) is 40.2 Å². The normalized spacial score (nSPS) is 11.2. The maximum atomic E-state index is 11.3. The molecule has 0 amide bonds. The van der Waals surface area contributed by atoms with Crippen LogP contribution in [-0.4, -0.2) is 36.7 Å². The summed E-state index contributed by atoms with van der Waals surface area (Å²) in [5.74, 6) is -0.281. The van der Waals surface area contributed by atoms with Gasteiger partial charge in [-0.1, -0.05) is 36.9 Å². The molecular weight excluding hydrogens is 274 g/mol. The lowest BCUT2D eigenvalue weighted by Gasteiger charge is -2.37. The molecule has 0 aliphatic heterocycles. The summed E-state index contributed by atoms with van der Waals surface area (Å²) in [6, 6.07) is 10.7. The predicted molar refractivity (Wildman–Crippen MR) is 91.4 cm³/mol. The number of nitrogens with zero attached hydrogens (tertiary/aromatic N) is 1. The lowest BCUT2D eigenvalue weighted by molar-refractivity contribution is -0.938. The van der Waals surface area contributed by atoms with Crippen molar-refractivity contribution in [3.05, 3.63) is 48.0 Å². The first-order chi connectivity index (χ1) is 10.5. The summed E-state index contributed by atoms with van der Waals surface area (Å²) in [6.45, 7) is 14.7. The Morgan fingerprint density at radius 1 is 1.14 bits per heavy atom. The minimum Gasteiger partial charge on any atom is -0.462 e. The van der Waals surface area contributed by atoms with Gasteiger partial charge in [0.25, 0.3) is 0 Å². The van der Waals surface area contributed by atoms with Gasteiger partial charge in [-0.25, -0.2) is 4.79 Å². The number of carbonyl (C=O) groups is 1. The Bertz CT molecular complexity index is 464. The predicted octanol–water partition coefficient (Wildman–Crippen LogP) is 3.94. The van der Waals surface area contributed by atoms with Crippen LogP contribution in [0.4, 0.5) is 0 Å². The van der Waals surface area contributed by atoms with Gasteiger partial charge in [-0.05, 0) is 33.6 Å². The van der Waals surface area contributed by atoms with Crippen LogP contribution in [0.1, 0.15) is 39.2 Å². The second-order valence-corrected chi connectivity index (χ2v) is 5.96. The topological polar surface area (TPSA) is 26.3 Å².